The molecule has 2 rings (SSSR count). The third-order valence-corrected chi connectivity index (χ3v) is 4.89. The van der Waals surface area contributed by atoms with E-state index in [0.29, 0.717) is 25.1 Å². The van der Waals surface area contributed by atoms with E-state index in [1.54, 1.807) is 49.9 Å². The average molecular weight is 405 g/mol. The van der Waals surface area contributed by atoms with Crippen molar-refractivity contribution in [2.75, 3.05) is 13.1 Å². The minimum atomic E-state index is -0.682. The summed E-state index contributed by atoms with van der Waals surface area (Å²) in [7, 11) is 0. The molecule has 1 aliphatic rings. The molecule has 0 aromatic heterocycles. The van der Waals surface area contributed by atoms with Crippen molar-refractivity contribution in [3.8, 4) is 0 Å². The molecule has 1 N–H and O–H groups in total. The van der Waals surface area contributed by atoms with Crippen LogP contribution in [0, 0.1) is 5.92 Å². The van der Waals surface area contributed by atoms with Gasteiger partial charge < -0.3 is 19.7 Å². The van der Waals surface area contributed by atoms with E-state index >= 15 is 0 Å². The summed E-state index contributed by atoms with van der Waals surface area (Å²) in [5.41, 5.74) is -0.154. The normalized spacial score (nSPS) is 18.7. The Morgan fingerprint density at radius 1 is 1.21 bits per heavy atom. The van der Waals surface area contributed by atoms with Crippen molar-refractivity contribution in [3.63, 3.8) is 0 Å². The van der Waals surface area contributed by atoms with Gasteiger partial charge in [0.2, 0.25) is 5.91 Å². The molecule has 0 spiro atoms. The summed E-state index contributed by atoms with van der Waals surface area (Å²) in [5, 5.41) is 2.72. The zero-order valence-electron chi connectivity index (χ0n) is 17.9. The zero-order chi connectivity index (χ0) is 21.6. The molecule has 29 heavy (non-hydrogen) atoms. The first-order valence-electron chi connectivity index (χ1n) is 10.1. The van der Waals surface area contributed by atoms with E-state index in [2.05, 4.69) is 5.32 Å². The SMILES string of the molecule is CC[C@H](C)[C@H](NC(=O)OC(C)(C)C)C(=O)N1CCC(OC(=O)c2ccccc2)C1. The number of nitrogens with one attached hydrogen (secondary N) is 1. The van der Waals surface area contributed by atoms with Gasteiger partial charge in [-0.05, 0) is 38.8 Å². The van der Waals surface area contributed by atoms with E-state index in [0.717, 1.165) is 6.42 Å². The number of ether oxygens (including phenoxy) is 2. The Morgan fingerprint density at radius 3 is 2.45 bits per heavy atom. The molecular formula is C22H32N2O5. The summed E-state index contributed by atoms with van der Waals surface area (Å²) < 4.78 is 10.9. The van der Waals surface area contributed by atoms with Crippen molar-refractivity contribution in [2.24, 2.45) is 5.92 Å². The first-order chi connectivity index (χ1) is 13.6. The maximum Gasteiger partial charge on any atom is 0.408 e. The lowest BCUT2D eigenvalue weighted by atomic mass is 9.98. The fourth-order valence-corrected chi connectivity index (χ4v) is 3.13. The lowest BCUT2D eigenvalue weighted by Crippen LogP contribution is -2.52. The van der Waals surface area contributed by atoms with Crippen LogP contribution in [0.2, 0.25) is 0 Å². The number of amides is 2. The molecule has 7 nitrogen and oxygen atoms in total. The maximum absolute atomic E-state index is 13.1. The largest absolute Gasteiger partial charge is 0.457 e. The lowest BCUT2D eigenvalue weighted by molar-refractivity contribution is -0.134. The van der Waals surface area contributed by atoms with E-state index in [1.165, 1.54) is 0 Å². The number of nitrogens with zero attached hydrogens (tertiary/aromatic N) is 1. The van der Waals surface area contributed by atoms with Gasteiger partial charge in [-0.2, -0.15) is 0 Å². The van der Waals surface area contributed by atoms with Crippen LogP contribution in [0.3, 0.4) is 0 Å². The number of alkyl carbamates (subject to hydrolysis) is 1. The molecule has 0 bridgehead atoms. The highest BCUT2D eigenvalue weighted by Crippen LogP contribution is 2.19. The van der Waals surface area contributed by atoms with Gasteiger partial charge >= 0.3 is 12.1 Å². The molecule has 1 fully saturated rings. The van der Waals surface area contributed by atoms with Crippen LogP contribution in [0.25, 0.3) is 0 Å². The summed E-state index contributed by atoms with van der Waals surface area (Å²) in [6.07, 6.45) is 0.337. The van der Waals surface area contributed by atoms with Crippen molar-refractivity contribution < 1.29 is 23.9 Å². The van der Waals surface area contributed by atoms with Gasteiger partial charge in [-0.15, -0.1) is 0 Å². The molecule has 1 saturated heterocycles. The monoisotopic (exact) mass is 404 g/mol. The number of likely N-dealkylation sites (tertiary alicyclic amines) is 1. The maximum atomic E-state index is 13.1. The molecule has 160 valence electrons. The van der Waals surface area contributed by atoms with Crippen molar-refractivity contribution in [2.45, 2.75) is 65.2 Å². The molecule has 1 unspecified atom stereocenters. The summed E-state index contributed by atoms with van der Waals surface area (Å²) in [6, 6.07) is 8.10. The van der Waals surface area contributed by atoms with Crippen LogP contribution in [0.15, 0.2) is 30.3 Å². The molecule has 0 radical (unpaired) electrons. The highest BCUT2D eigenvalue weighted by Gasteiger charge is 2.36. The molecule has 1 aromatic rings. The number of hydrogen-bond donors (Lipinski definition) is 1. The van der Waals surface area contributed by atoms with E-state index in [-0.39, 0.29) is 17.9 Å². The van der Waals surface area contributed by atoms with Crippen LogP contribution in [-0.2, 0) is 14.3 Å². The molecule has 0 saturated carbocycles. The Labute approximate surface area is 172 Å². The zero-order valence-corrected chi connectivity index (χ0v) is 17.9. The van der Waals surface area contributed by atoms with Crippen molar-refractivity contribution in [1.82, 2.24) is 10.2 Å². The Bertz CT molecular complexity index is 714. The summed E-state index contributed by atoms with van der Waals surface area (Å²) in [4.78, 5) is 39.2. The quantitative estimate of drug-likeness (QED) is 0.735. The van der Waals surface area contributed by atoms with Crippen LogP contribution in [0.4, 0.5) is 4.79 Å². The van der Waals surface area contributed by atoms with Crippen LogP contribution in [0.5, 0.6) is 0 Å². The van der Waals surface area contributed by atoms with Crippen LogP contribution in [-0.4, -0.2) is 53.7 Å². The molecule has 1 aliphatic heterocycles. The summed E-state index contributed by atoms with van der Waals surface area (Å²) in [6.45, 7) is 10.0. The molecule has 7 heteroatoms. The molecule has 2 amide bonds. The Morgan fingerprint density at radius 2 is 1.86 bits per heavy atom. The van der Waals surface area contributed by atoms with Gasteiger partial charge in [0.25, 0.3) is 0 Å². The highest BCUT2D eigenvalue weighted by molar-refractivity contribution is 5.89. The minimum Gasteiger partial charge on any atom is -0.457 e. The van der Waals surface area contributed by atoms with E-state index in [4.69, 9.17) is 9.47 Å². The van der Waals surface area contributed by atoms with Gasteiger partial charge in [-0.25, -0.2) is 9.59 Å². The number of esters is 1. The van der Waals surface area contributed by atoms with Crippen LogP contribution in [0.1, 0.15) is 57.8 Å². The molecule has 0 aliphatic carbocycles. The van der Waals surface area contributed by atoms with Crippen molar-refractivity contribution in [3.05, 3.63) is 35.9 Å². The predicted octanol–water partition coefficient (Wildman–Crippen LogP) is 3.38. The fourth-order valence-electron chi connectivity index (χ4n) is 3.13. The highest BCUT2D eigenvalue weighted by atomic mass is 16.6. The predicted molar refractivity (Wildman–Crippen MR) is 109 cm³/mol. The van der Waals surface area contributed by atoms with Gasteiger partial charge in [-0.1, -0.05) is 38.5 Å². The van der Waals surface area contributed by atoms with E-state index in [9.17, 15) is 14.4 Å². The van der Waals surface area contributed by atoms with E-state index in [1.807, 2.05) is 19.9 Å². The molecule has 1 aromatic carbocycles. The number of rotatable bonds is 6. The third-order valence-electron chi connectivity index (χ3n) is 4.89. The topological polar surface area (TPSA) is 84.9 Å². The third kappa shape index (κ3) is 6.76. The van der Waals surface area contributed by atoms with Gasteiger partial charge in [0.15, 0.2) is 0 Å². The first kappa shape index (κ1) is 22.7. The summed E-state index contributed by atoms with van der Waals surface area (Å²) >= 11 is 0. The van der Waals surface area contributed by atoms with Gasteiger partial charge in [0, 0.05) is 13.0 Å². The van der Waals surface area contributed by atoms with Crippen molar-refractivity contribution in [1.29, 1.82) is 0 Å². The number of benzene rings is 1. The second kappa shape index (κ2) is 9.76. The molecule has 3 atom stereocenters. The summed E-state index contributed by atoms with van der Waals surface area (Å²) in [5.74, 6) is -0.625. The van der Waals surface area contributed by atoms with Crippen LogP contribution >= 0.6 is 0 Å². The second-order valence-corrected chi connectivity index (χ2v) is 8.48. The lowest BCUT2D eigenvalue weighted by Gasteiger charge is -2.29. The number of carbonyl (C=O) groups is 3. The Hall–Kier alpha value is -2.57. The Balaban J connectivity index is 1.97. The van der Waals surface area contributed by atoms with Gasteiger partial charge in [0.1, 0.15) is 17.7 Å². The minimum absolute atomic E-state index is 0.0547. The average Bonchev–Trinajstić information content (AvgIpc) is 3.12. The Kier molecular flexibility index (Phi) is 7.65. The van der Waals surface area contributed by atoms with E-state index < -0.39 is 23.7 Å². The number of carbonyl (C=O) groups excluding carboxylic acids is 3. The smallest absolute Gasteiger partial charge is 0.408 e. The standard InChI is InChI=1S/C22H32N2O5/c1-6-15(2)18(23-21(27)29-22(3,4)5)19(25)24-13-12-17(14-24)28-20(26)16-10-8-7-9-11-16/h7-11,15,17-18H,6,12-14H2,1-5H3,(H,23,27)/t15-,17?,18-/m0/s1. The van der Waals surface area contributed by atoms with Crippen molar-refractivity contribution >= 4 is 18.0 Å². The number of hydrogen-bond acceptors (Lipinski definition) is 5. The molecular weight excluding hydrogens is 372 g/mol. The van der Waals surface area contributed by atoms with Gasteiger partial charge in [0.05, 0.1) is 12.1 Å². The second-order valence-electron chi connectivity index (χ2n) is 8.48. The first-order valence-corrected chi connectivity index (χ1v) is 10.1. The van der Waals surface area contributed by atoms with Crippen LogP contribution < -0.4 is 5.32 Å². The fraction of sp³-hybridized carbons (Fsp3) is 0.591. The molecule has 1 heterocycles. The van der Waals surface area contributed by atoms with Gasteiger partial charge in [-0.3, -0.25) is 4.79 Å².